The number of anilines is 3. The van der Waals surface area contributed by atoms with E-state index in [1.807, 2.05) is 0 Å². The minimum atomic E-state index is -0.269. The van der Waals surface area contributed by atoms with Gasteiger partial charge in [-0.05, 0) is 139 Å². The molecule has 0 atom stereocenters. The summed E-state index contributed by atoms with van der Waals surface area (Å²) in [6.07, 6.45) is 4.66. The van der Waals surface area contributed by atoms with Gasteiger partial charge in [0.25, 0.3) is 0 Å². The Morgan fingerprint density at radius 3 is 1.86 bits per heavy atom. The number of aromatic nitrogens is 1. The zero-order valence-electron chi connectivity index (χ0n) is 39.7. The molecule has 7 aromatic carbocycles. The molecule has 0 N–H and O–H groups in total. The van der Waals surface area contributed by atoms with E-state index in [1.54, 1.807) is 0 Å². The second-order valence-corrected chi connectivity index (χ2v) is 23.7. The van der Waals surface area contributed by atoms with Crippen molar-refractivity contribution in [1.29, 1.82) is 0 Å². The molecule has 65 heavy (non-hydrogen) atoms. The van der Waals surface area contributed by atoms with Gasteiger partial charge in [-0.1, -0.05) is 154 Å². The fraction of sp³-hybridized carbons (Fsp3) is 0.311. The molecule has 0 bridgehead atoms. The molecule has 0 amide bonds. The lowest BCUT2D eigenvalue weighted by atomic mass is 9.47. The second-order valence-electron chi connectivity index (χ2n) is 23.7. The fourth-order valence-corrected chi connectivity index (χ4v) is 14.0. The summed E-state index contributed by atoms with van der Waals surface area (Å²) in [5.41, 5.74) is 23.7. The van der Waals surface area contributed by atoms with Crippen LogP contribution in [0.1, 0.15) is 128 Å². The second kappa shape index (κ2) is 11.9. The number of furan rings is 1. The molecule has 3 nitrogen and oxygen atoms in total. The van der Waals surface area contributed by atoms with E-state index in [4.69, 9.17) is 4.42 Å². The molecule has 0 saturated heterocycles. The molecule has 3 aliphatic carbocycles. The van der Waals surface area contributed by atoms with E-state index < -0.39 is 0 Å². The lowest BCUT2D eigenvalue weighted by Gasteiger charge is -2.44. The first kappa shape index (κ1) is 38.3. The van der Waals surface area contributed by atoms with Gasteiger partial charge < -0.3 is 13.8 Å². The smallest absolute Gasteiger partial charge is 0.376 e. The summed E-state index contributed by atoms with van der Waals surface area (Å²) in [7, 11) is 0. The van der Waals surface area contributed by atoms with Gasteiger partial charge in [0.2, 0.25) is 0 Å². The maximum atomic E-state index is 7.75. The molecule has 0 fully saturated rings. The Bertz CT molecular complexity index is 3660. The Hall–Kier alpha value is -6.00. The van der Waals surface area contributed by atoms with Crippen LogP contribution in [0.2, 0.25) is 0 Å². The minimum Gasteiger partial charge on any atom is -0.466 e. The highest BCUT2D eigenvalue weighted by Crippen LogP contribution is 2.60. The van der Waals surface area contributed by atoms with Crippen molar-refractivity contribution >= 4 is 78.6 Å². The maximum Gasteiger partial charge on any atom is 0.376 e. The van der Waals surface area contributed by atoms with Crippen molar-refractivity contribution in [3.8, 4) is 22.3 Å². The molecule has 0 spiro atoms. The van der Waals surface area contributed by atoms with Crippen molar-refractivity contribution in [2.45, 2.75) is 122 Å². The molecule has 320 valence electrons. The van der Waals surface area contributed by atoms with E-state index in [0.29, 0.717) is 0 Å². The van der Waals surface area contributed by atoms with E-state index >= 15 is 0 Å². The highest BCUT2D eigenvalue weighted by atomic mass is 16.3. The van der Waals surface area contributed by atoms with Gasteiger partial charge in [0, 0.05) is 54.9 Å². The van der Waals surface area contributed by atoms with Gasteiger partial charge in [-0.2, -0.15) is 0 Å². The summed E-state index contributed by atoms with van der Waals surface area (Å²) in [5.74, 6) is 0. The Labute approximate surface area is 383 Å². The van der Waals surface area contributed by atoms with Crippen LogP contribution in [-0.4, -0.2) is 11.3 Å². The molecule has 0 radical (unpaired) electrons. The van der Waals surface area contributed by atoms with Gasteiger partial charge in [-0.3, -0.25) is 0 Å². The first-order valence-electron chi connectivity index (χ1n) is 24.3. The number of fused-ring (bicyclic) bond motifs is 17. The molecule has 0 saturated carbocycles. The van der Waals surface area contributed by atoms with Crippen molar-refractivity contribution in [2.75, 3.05) is 4.90 Å². The van der Waals surface area contributed by atoms with Crippen LogP contribution >= 0.6 is 0 Å². The SMILES string of the molecule is CC1(C)CCC(C)(C)c2cc(N3c4c5c(cc6c4C(C)(C)c4ccccc4-6)-c4cccc6c7ccc8ccccc8c7n(c46)B5c4oc5cc6c(cc5c43)C(C)(C)CCC6(C)C)ccc21. The first-order chi connectivity index (χ1) is 31.0. The first-order valence-corrected chi connectivity index (χ1v) is 24.3. The number of benzene rings is 7. The normalized spacial score (nSPS) is 19.5. The summed E-state index contributed by atoms with van der Waals surface area (Å²) in [4.78, 5) is 2.73. The van der Waals surface area contributed by atoms with Gasteiger partial charge in [-0.25, -0.2) is 0 Å². The lowest BCUT2D eigenvalue weighted by molar-refractivity contribution is 0.332. The van der Waals surface area contributed by atoms with Gasteiger partial charge in [0.1, 0.15) is 11.2 Å². The van der Waals surface area contributed by atoms with Crippen molar-refractivity contribution in [2.24, 2.45) is 0 Å². The van der Waals surface area contributed by atoms with Crippen LogP contribution in [0.5, 0.6) is 0 Å². The molecule has 4 heterocycles. The van der Waals surface area contributed by atoms with Gasteiger partial charge in [0.15, 0.2) is 0 Å². The van der Waals surface area contributed by atoms with Crippen molar-refractivity contribution in [3.05, 3.63) is 149 Å². The number of rotatable bonds is 1. The van der Waals surface area contributed by atoms with Crippen LogP contribution in [-0.2, 0) is 27.1 Å². The highest BCUT2D eigenvalue weighted by Gasteiger charge is 2.52. The highest BCUT2D eigenvalue weighted by molar-refractivity contribution is 6.89. The molecule has 9 aromatic rings. The van der Waals surface area contributed by atoms with Crippen LogP contribution in [0.3, 0.4) is 0 Å². The summed E-state index contributed by atoms with van der Waals surface area (Å²) in [5, 5.41) is 6.36. The summed E-state index contributed by atoms with van der Waals surface area (Å²) in [6, 6.07) is 45.1. The molecular weight excluding hydrogens is 787 g/mol. The quantitative estimate of drug-likeness (QED) is 0.154. The predicted molar refractivity (Wildman–Crippen MR) is 275 cm³/mol. The molecule has 2 aliphatic heterocycles. The summed E-state index contributed by atoms with van der Waals surface area (Å²) in [6.45, 7) is 24.4. The number of para-hydroxylation sites is 1. The van der Waals surface area contributed by atoms with Crippen LogP contribution in [0.15, 0.2) is 120 Å². The van der Waals surface area contributed by atoms with E-state index in [-0.39, 0.29) is 33.9 Å². The Balaban J connectivity index is 1.21. The molecule has 4 heteroatoms. The third-order valence-corrected chi connectivity index (χ3v) is 17.8. The van der Waals surface area contributed by atoms with Crippen LogP contribution in [0, 0.1) is 0 Å². The van der Waals surface area contributed by atoms with Crippen molar-refractivity contribution < 1.29 is 4.42 Å². The Kier molecular flexibility index (Phi) is 6.99. The van der Waals surface area contributed by atoms with Gasteiger partial charge in [0.05, 0.1) is 5.69 Å². The maximum absolute atomic E-state index is 7.75. The van der Waals surface area contributed by atoms with E-state index in [1.165, 1.54) is 123 Å². The number of hydrogen-bond donors (Lipinski definition) is 0. The minimum absolute atomic E-state index is 0.0333. The number of hydrogen-bond acceptors (Lipinski definition) is 2. The molecular formula is C61H57BN2O. The number of nitrogens with zero attached hydrogens (tertiary/aromatic N) is 2. The van der Waals surface area contributed by atoms with Crippen LogP contribution in [0.25, 0.3) is 65.8 Å². The predicted octanol–water partition coefficient (Wildman–Crippen LogP) is 15.1. The lowest BCUT2D eigenvalue weighted by Crippen LogP contribution is -2.56. The molecule has 0 unspecified atom stereocenters. The van der Waals surface area contributed by atoms with Gasteiger partial charge in [-0.15, -0.1) is 0 Å². The third kappa shape index (κ3) is 4.64. The summed E-state index contributed by atoms with van der Waals surface area (Å²) < 4.78 is 10.5. The molecule has 14 rings (SSSR count). The zero-order valence-corrected chi connectivity index (χ0v) is 39.7. The fourth-order valence-electron chi connectivity index (χ4n) is 14.0. The van der Waals surface area contributed by atoms with Crippen molar-refractivity contribution in [1.82, 2.24) is 4.48 Å². The van der Waals surface area contributed by atoms with E-state index in [2.05, 4.69) is 194 Å². The van der Waals surface area contributed by atoms with E-state index in [9.17, 15) is 0 Å². The Morgan fingerprint density at radius 2 is 1.09 bits per heavy atom. The third-order valence-electron chi connectivity index (χ3n) is 17.8. The topological polar surface area (TPSA) is 21.3 Å². The van der Waals surface area contributed by atoms with Crippen LogP contribution < -0.4 is 16.0 Å². The molecule has 2 aromatic heterocycles. The average Bonchev–Trinajstić information content (AvgIpc) is 3.91. The summed E-state index contributed by atoms with van der Waals surface area (Å²) >= 11 is 0. The van der Waals surface area contributed by atoms with Crippen molar-refractivity contribution in [3.63, 3.8) is 0 Å². The van der Waals surface area contributed by atoms with Gasteiger partial charge >= 0.3 is 6.85 Å². The largest absolute Gasteiger partial charge is 0.466 e. The zero-order chi connectivity index (χ0) is 44.5. The monoisotopic (exact) mass is 844 g/mol. The Morgan fingerprint density at radius 1 is 0.462 bits per heavy atom. The average molecular weight is 845 g/mol. The molecule has 5 aliphatic rings. The van der Waals surface area contributed by atoms with Crippen LogP contribution in [0.4, 0.5) is 17.1 Å². The van der Waals surface area contributed by atoms with E-state index in [0.717, 1.165) is 30.5 Å². The standard InChI is InChI=1S/C61H57BN2O/c1-57(2)26-27-58(3,4)46-30-35(23-25-45(46)57)63-54-43-32-47-48(60(7,8)29-28-59(47,5)6)33-49(43)65-56(54)62-51-42(31-41-37-18-13-14-21-44(37)61(9,10)50(41)55(51)63)39-20-15-19-38-40-24-22-34-16-11-12-17-36(34)52(40)64(62)53(38)39/h11-25,30-33H,26-29H2,1-10H3.